The van der Waals surface area contributed by atoms with Crippen LogP contribution in [0.3, 0.4) is 0 Å². The van der Waals surface area contributed by atoms with E-state index in [1.165, 1.54) is 10.9 Å². The molecule has 0 aromatic carbocycles. The quantitative estimate of drug-likeness (QED) is 0.183. The Hall–Kier alpha value is -1.41. The van der Waals surface area contributed by atoms with Gasteiger partial charge in [0.15, 0.2) is 23.2 Å². The molecule has 0 bridgehead atoms. The molecule has 162 valence electrons. The summed E-state index contributed by atoms with van der Waals surface area (Å²) in [6.45, 7) is 0.550. The molecule has 15 heteroatoms. The van der Waals surface area contributed by atoms with Crippen LogP contribution in [0.5, 0.6) is 0 Å². The monoisotopic (exact) mass is 453 g/mol. The second-order valence-corrected chi connectivity index (χ2v) is 8.22. The van der Waals surface area contributed by atoms with E-state index in [0.29, 0.717) is 24.5 Å². The number of ether oxygens (including phenoxy) is 3. The molecular formula is C14H21ClN5O8P. The summed E-state index contributed by atoms with van der Waals surface area (Å²) in [6.07, 6.45) is -4.28. The van der Waals surface area contributed by atoms with Crippen molar-refractivity contribution in [2.75, 3.05) is 38.5 Å². The van der Waals surface area contributed by atoms with Gasteiger partial charge in [0.25, 0.3) is 0 Å². The summed E-state index contributed by atoms with van der Waals surface area (Å²) in [6, 6.07) is 0. The van der Waals surface area contributed by atoms with Gasteiger partial charge in [-0.15, -0.1) is 0 Å². The minimum atomic E-state index is -4.36. The third-order valence-corrected chi connectivity index (χ3v) is 4.83. The van der Waals surface area contributed by atoms with Crippen LogP contribution < -0.4 is 5.32 Å². The van der Waals surface area contributed by atoms with Gasteiger partial charge in [0, 0.05) is 13.7 Å². The maximum atomic E-state index is 10.9. The summed E-state index contributed by atoms with van der Waals surface area (Å²) in [5, 5.41) is 23.6. The highest BCUT2D eigenvalue weighted by Gasteiger charge is 2.44. The number of imidazole rings is 1. The number of nitrogens with one attached hydrogen (secondary N) is 1. The fraction of sp³-hybridized carbons (Fsp3) is 0.643. The van der Waals surface area contributed by atoms with E-state index < -0.39 is 38.5 Å². The van der Waals surface area contributed by atoms with Crippen LogP contribution in [0, 0.1) is 0 Å². The van der Waals surface area contributed by atoms with Crippen molar-refractivity contribution in [2.24, 2.45) is 0 Å². The lowest BCUT2D eigenvalue weighted by Crippen LogP contribution is -2.33. The SMILES string of the molecule is COCCNc1nc(Cl)nc2c1ncn2[C@@H]1O[C@H](COCP(=O)(O)O)[C@@H](O)[C@H]1O. The Morgan fingerprint density at radius 2 is 2.10 bits per heavy atom. The Bertz CT molecular complexity index is 894. The molecule has 1 saturated heterocycles. The second kappa shape index (κ2) is 9.16. The smallest absolute Gasteiger partial charge is 0.350 e. The van der Waals surface area contributed by atoms with E-state index in [-0.39, 0.29) is 17.5 Å². The molecule has 3 rings (SSSR count). The Morgan fingerprint density at radius 3 is 2.79 bits per heavy atom. The number of aliphatic hydroxyl groups excluding tert-OH is 2. The average Bonchev–Trinajstić information content (AvgIpc) is 3.17. The number of methoxy groups -OCH3 is 1. The van der Waals surface area contributed by atoms with Crippen molar-refractivity contribution in [1.29, 1.82) is 0 Å². The van der Waals surface area contributed by atoms with Crippen LogP contribution in [0.15, 0.2) is 6.33 Å². The molecule has 0 saturated carbocycles. The lowest BCUT2D eigenvalue weighted by atomic mass is 10.1. The number of halogens is 1. The number of rotatable bonds is 9. The topological polar surface area (TPSA) is 181 Å². The largest absolute Gasteiger partial charge is 0.387 e. The first-order valence-electron chi connectivity index (χ1n) is 8.48. The number of anilines is 1. The molecule has 3 heterocycles. The number of aromatic nitrogens is 4. The molecular weight excluding hydrogens is 433 g/mol. The van der Waals surface area contributed by atoms with Crippen molar-refractivity contribution >= 4 is 36.2 Å². The van der Waals surface area contributed by atoms with Gasteiger partial charge in [0.05, 0.1) is 19.5 Å². The molecule has 0 spiro atoms. The van der Waals surface area contributed by atoms with Crippen molar-refractivity contribution in [3.8, 4) is 0 Å². The van der Waals surface area contributed by atoms with Gasteiger partial charge in [0.1, 0.15) is 24.7 Å². The third-order valence-electron chi connectivity index (χ3n) is 4.15. The van der Waals surface area contributed by atoms with Crippen molar-refractivity contribution in [1.82, 2.24) is 19.5 Å². The van der Waals surface area contributed by atoms with E-state index in [1.54, 1.807) is 7.11 Å². The van der Waals surface area contributed by atoms with Gasteiger partial charge in [-0.25, -0.2) is 4.98 Å². The predicted molar refractivity (Wildman–Crippen MR) is 99.5 cm³/mol. The summed E-state index contributed by atoms with van der Waals surface area (Å²) in [4.78, 5) is 30.1. The summed E-state index contributed by atoms with van der Waals surface area (Å²) < 4.78 is 27.8. The van der Waals surface area contributed by atoms with Crippen molar-refractivity contribution in [3.63, 3.8) is 0 Å². The lowest BCUT2D eigenvalue weighted by Gasteiger charge is -2.17. The Labute approximate surface area is 169 Å². The summed E-state index contributed by atoms with van der Waals surface area (Å²) >= 11 is 6.00. The van der Waals surface area contributed by atoms with Crippen molar-refractivity contribution in [2.45, 2.75) is 24.5 Å². The highest BCUT2D eigenvalue weighted by molar-refractivity contribution is 7.51. The van der Waals surface area contributed by atoms with Gasteiger partial charge >= 0.3 is 7.60 Å². The molecule has 1 aliphatic rings. The van der Waals surface area contributed by atoms with Gasteiger partial charge in [-0.05, 0) is 11.6 Å². The zero-order valence-electron chi connectivity index (χ0n) is 15.3. The minimum absolute atomic E-state index is 0.0614. The fourth-order valence-corrected chi connectivity index (χ4v) is 3.36. The van der Waals surface area contributed by atoms with Gasteiger partial charge < -0.3 is 39.5 Å². The highest BCUT2D eigenvalue weighted by atomic mass is 35.5. The molecule has 13 nitrogen and oxygen atoms in total. The number of hydrogen-bond acceptors (Lipinski definition) is 10. The predicted octanol–water partition coefficient (Wildman–Crippen LogP) is -0.691. The zero-order chi connectivity index (χ0) is 21.2. The van der Waals surface area contributed by atoms with Crippen LogP contribution in [0.4, 0.5) is 5.82 Å². The summed E-state index contributed by atoms with van der Waals surface area (Å²) in [5.74, 6) is 0.366. The number of fused-ring (bicyclic) bond motifs is 1. The Balaban J connectivity index is 1.80. The number of aliphatic hydroxyl groups is 2. The van der Waals surface area contributed by atoms with Crippen LogP contribution in [-0.2, 0) is 18.8 Å². The van der Waals surface area contributed by atoms with Crippen molar-refractivity contribution < 1.29 is 38.8 Å². The second-order valence-electron chi connectivity index (χ2n) is 6.30. The molecule has 2 aromatic rings. The van der Waals surface area contributed by atoms with E-state index in [1.807, 2.05) is 0 Å². The summed E-state index contributed by atoms with van der Waals surface area (Å²) in [5.41, 5.74) is 0.634. The van der Waals surface area contributed by atoms with E-state index in [9.17, 15) is 14.8 Å². The molecule has 0 amide bonds. The highest BCUT2D eigenvalue weighted by Crippen LogP contribution is 2.36. The van der Waals surface area contributed by atoms with Crippen molar-refractivity contribution in [3.05, 3.63) is 11.6 Å². The van der Waals surface area contributed by atoms with Crippen LogP contribution in [0.25, 0.3) is 11.2 Å². The lowest BCUT2D eigenvalue weighted by molar-refractivity contribution is -0.0612. The first-order chi connectivity index (χ1) is 13.7. The van der Waals surface area contributed by atoms with E-state index in [4.69, 9.17) is 35.6 Å². The molecule has 4 atom stereocenters. The normalized spacial score (nSPS) is 25.0. The maximum absolute atomic E-state index is 10.9. The van der Waals surface area contributed by atoms with Gasteiger partial charge in [-0.3, -0.25) is 9.13 Å². The molecule has 5 N–H and O–H groups in total. The first-order valence-corrected chi connectivity index (χ1v) is 10.7. The van der Waals surface area contributed by atoms with Gasteiger partial charge in [-0.1, -0.05) is 0 Å². The molecule has 0 unspecified atom stereocenters. The summed E-state index contributed by atoms with van der Waals surface area (Å²) in [7, 11) is -2.80. The Kier molecular flexibility index (Phi) is 7.04. The first kappa shape index (κ1) is 22.3. The van der Waals surface area contributed by atoms with Crippen LogP contribution in [0.1, 0.15) is 6.23 Å². The number of nitrogens with zero attached hydrogens (tertiary/aromatic N) is 4. The van der Waals surface area contributed by atoms with E-state index >= 15 is 0 Å². The van der Waals surface area contributed by atoms with E-state index in [2.05, 4.69) is 20.3 Å². The van der Waals surface area contributed by atoms with Crippen LogP contribution in [-0.4, -0.2) is 91.0 Å². The molecule has 29 heavy (non-hydrogen) atoms. The average molecular weight is 454 g/mol. The zero-order valence-corrected chi connectivity index (χ0v) is 16.9. The Morgan fingerprint density at radius 1 is 1.34 bits per heavy atom. The molecule has 1 fully saturated rings. The molecule has 0 radical (unpaired) electrons. The van der Waals surface area contributed by atoms with Crippen LogP contribution >= 0.6 is 19.2 Å². The number of hydrogen-bond donors (Lipinski definition) is 5. The maximum Gasteiger partial charge on any atom is 0.350 e. The van der Waals surface area contributed by atoms with Gasteiger partial charge in [0.2, 0.25) is 5.28 Å². The molecule has 0 aliphatic carbocycles. The molecule has 2 aromatic heterocycles. The van der Waals surface area contributed by atoms with Crippen LogP contribution in [0.2, 0.25) is 5.28 Å². The van der Waals surface area contributed by atoms with E-state index in [0.717, 1.165) is 0 Å². The molecule has 1 aliphatic heterocycles. The minimum Gasteiger partial charge on any atom is -0.387 e. The standard InChI is InChI=1S/C14H21ClN5O8P/c1-26-3-2-16-11-8-12(19-14(15)18-11)20(5-17-8)13-10(22)9(21)7(28-13)4-27-6-29(23,24)25/h5,7,9-10,13,21-22H,2-4,6H2,1H3,(H,16,18,19)(H2,23,24,25)/t7-,9-,10-,13-/m1/s1. The fourth-order valence-electron chi connectivity index (χ4n) is 2.86. The third kappa shape index (κ3) is 5.20. The van der Waals surface area contributed by atoms with Gasteiger partial charge in [-0.2, -0.15) is 9.97 Å².